The van der Waals surface area contributed by atoms with Crippen molar-refractivity contribution >= 4 is 45.6 Å². The van der Waals surface area contributed by atoms with Crippen LogP contribution in [0.25, 0.3) is 28.1 Å². The minimum atomic E-state index is -4.69. The fourth-order valence-corrected chi connectivity index (χ4v) is 5.21. The number of alkyl halides is 3. The maximum absolute atomic E-state index is 15.3. The highest BCUT2D eigenvalue weighted by atomic mass is 32.2. The SMILES string of the molecule is CCN1CCN(c2ccc(-c3cc(C(F)(F)F)nc4ccc(/C=C5\SC(=O)NC5=O)cc34)cc2F)CC1. The number of carbonyl (C=O) groups is 2. The topological polar surface area (TPSA) is 65.5 Å². The van der Waals surface area contributed by atoms with Gasteiger partial charge in [0, 0.05) is 31.6 Å². The number of pyridine rings is 1. The molecule has 11 heteroatoms. The van der Waals surface area contributed by atoms with E-state index in [1.165, 1.54) is 24.3 Å². The Morgan fingerprint density at radius 1 is 1.05 bits per heavy atom. The van der Waals surface area contributed by atoms with Gasteiger partial charge in [-0.1, -0.05) is 19.1 Å². The summed E-state index contributed by atoms with van der Waals surface area (Å²) in [6.45, 7) is 5.93. The van der Waals surface area contributed by atoms with E-state index in [0.717, 1.165) is 37.5 Å². The second kappa shape index (κ2) is 9.79. The number of hydrogen-bond donors (Lipinski definition) is 1. The fraction of sp³-hybridized carbons (Fsp3) is 0.269. The first-order valence-electron chi connectivity index (χ1n) is 11.7. The summed E-state index contributed by atoms with van der Waals surface area (Å²) >= 11 is 0.739. The number of rotatable bonds is 4. The van der Waals surface area contributed by atoms with E-state index in [2.05, 4.69) is 22.1 Å². The summed E-state index contributed by atoms with van der Waals surface area (Å²) in [5.41, 5.74) is 0.337. The second-order valence-electron chi connectivity index (χ2n) is 8.77. The molecule has 2 fully saturated rings. The van der Waals surface area contributed by atoms with Gasteiger partial charge in [0.05, 0.1) is 16.1 Å². The molecule has 2 saturated heterocycles. The molecule has 3 aromatic rings. The van der Waals surface area contributed by atoms with Crippen LogP contribution in [0.4, 0.5) is 28.0 Å². The number of benzene rings is 2. The lowest BCUT2D eigenvalue weighted by Gasteiger charge is -2.35. The minimum Gasteiger partial charge on any atom is -0.367 e. The first kappa shape index (κ1) is 25.2. The quantitative estimate of drug-likeness (QED) is 0.354. The number of aromatic nitrogens is 1. The summed E-state index contributed by atoms with van der Waals surface area (Å²) in [4.78, 5) is 31.5. The molecular weight excluding hydrogens is 508 g/mol. The number of anilines is 1. The Morgan fingerprint density at radius 3 is 2.43 bits per heavy atom. The van der Waals surface area contributed by atoms with Crippen LogP contribution in [0.3, 0.4) is 0 Å². The molecule has 1 aromatic heterocycles. The van der Waals surface area contributed by atoms with E-state index in [-0.39, 0.29) is 21.5 Å². The molecule has 0 saturated carbocycles. The summed E-state index contributed by atoms with van der Waals surface area (Å²) in [5, 5.41) is 2.02. The maximum atomic E-state index is 15.3. The lowest BCUT2D eigenvalue weighted by molar-refractivity contribution is -0.140. The zero-order valence-electron chi connectivity index (χ0n) is 19.7. The number of nitrogens with one attached hydrogen (secondary N) is 1. The van der Waals surface area contributed by atoms with Crippen molar-refractivity contribution in [1.82, 2.24) is 15.2 Å². The Bertz CT molecular complexity index is 1430. The Kier molecular flexibility index (Phi) is 6.67. The first-order chi connectivity index (χ1) is 17.6. The van der Waals surface area contributed by atoms with Crippen molar-refractivity contribution in [3.63, 3.8) is 0 Å². The second-order valence-corrected chi connectivity index (χ2v) is 9.78. The van der Waals surface area contributed by atoms with E-state index in [9.17, 15) is 22.8 Å². The molecule has 0 spiro atoms. The average Bonchev–Trinajstić information content (AvgIpc) is 3.19. The molecule has 192 valence electrons. The van der Waals surface area contributed by atoms with Crippen molar-refractivity contribution < 1.29 is 27.2 Å². The van der Waals surface area contributed by atoms with E-state index in [0.29, 0.717) is 29.7 Å². The number of fused-ring (bicyclic) bond motifs is 1. The number of piperazine rings is 1. The lowest BCUT2D eigenvalue weighted by atomic mass is 9.97. The number of hydrogen-bond acceptors (Lipinski definition) is 6. The largest absolute Gasteiger partial charge is 0.433 e. The van der Waals surface area contributed by atoms with Crippen molar-refractivity contribution in [3.05, 3.63) is 64.4 Å². The van der Waals surface area contributed by atoms with Crippen LogP contribution in [-0.4, -0.2) is 53.8 Å². The molecule has 2 amide bonds. The Labute approximate surface area is 214 Å². The molecule has 2 aliphatic rings. The average molecular weight is 531 g/mol. The third-order valence-corrected chi connectivity index (χ3v) is 7.29. The number of halogens is 4. The molecule has 6 nitrogen and oxygen atoms in total. The molecule has 0 aliphatic carbocycles. The van der Waals surface area contributed by atoms with Gasteiger partial charge in [-0.2, -0.15) is 13.2 Å². The van der Waals surface area contributed by atoms with Gasteiger partial charge in [-0.05, 0) is 71.4 Å². The summed E-state index contributed by atoms with van der Waals surface area (Å²) in [6.07, 6.45) is -3.22. The van der Waals surface area contributed by atoms with Gasteiger partial charge in [0.25, 0.3) is 11.1 Å². The molecule has 2 aliphatic heterocycles. The summed E-state index contributed by atoms with van der Waals surface area (Å²) < 4.78 is 56.2. The van der Waals surface area contributed by atoms with Crippen LogP contribution in [0.2, 0.25) is 0 Å². The smallest absolute Gasteiger partial charge is 0.367 e. The van der Waals surface area contributed by atoms with Crippen molar-refractivity contribution in [1.29, 1.82) is 0 Å². The third-order valence-electron chi connectivity index (χ3n) is 6.48. The van der Waals surface area contributed by atoms with Crippen LogP contribution in [0.1, 0.15) is 18.2 Å². The third kappa shape index (κ3) is 5.19. The number of thioether (sulfide) groups is 1. The summed E-state index contributed by atoms with van der Waals surface area (Å²) in [6, 6.07) is 9.89. The van der Waals surface area contributed by atoms with Crippen LogP contribution in [0, 0.1) is 5.82 Å². The highest BCUT2D eigenvalue weighted by molar-refractivity contribution is 8.18. The summed E-state index contributed by atoms with van der Waals surface area (Å²) in [5.74, 6) is -1.06. The van der Waals surface area contributed by atoms with Crippen molar-refractivity contribution in [2.45, 2.75) is 13.1 Å². The van der Waals surface area contributed by atoms with Crippen molar-refractivity contribution in [2.24, 2.45) is 0 Å². The normalized spacial score (nSPS) is 18.2. The van der Waals surface area contributed by atoms with Gasteiger partial charge >= 0.3 is 6.18 Å². The molecular formula is C26H22F4N4O2S. The molecule has 0 atom stereocenters. The van der Waals surface area contributed by atoms with Gasteiger partial charge in [-0.3, -0.25) is 14.9 Å². The maximum Gasteiger partial charge on any atom is 0.433 e. The fourth-order valence-electron chi connectivity index (χ4n) is 4.53. The highest BCUT2D eigenvalue weighted by Crippen LogP contribution is 2.37. The number of carbonyl (C=O) groups excluding carboxylic acids is 2. The Hall–Kier alpha value is -3.44. The molecule has 1 N–H and O–H groups in total. The van der Waals surface area contributed by atoms with E-state index < -0.39 is 28.8 Å². The highest BCUT2D eigenvalue weighted by Gasteiger charge is 2.34. The predicted octanol–water partition coefficient (Wildman–Crippen LogP) is 5.53. The Morgan fingerprint density at radius 2 is 1.81 bits per heavy atom. The van der Waals surface area contributed by atoms with Gasteiger partial charge in [-0.25, -0.2) is 9.37 Å². The van der Waals surface area contributed by atoms with Gasteiger partial charge < -0.3 is 9.80 Å². The molecule has 2 aromatic carbocycles. The van der Waals surface area contributed by atoms with Crippen molar-refractivity contribution in [2.75, 3.05) is 37.6 Å². The molecule has 5 rings (SSSR count). The van der Waals surface area contributed by atoms with Gasteiger partial charge in [0.2, 0.25) is 0 Å². The molecule has 0 radical (unpaired) electrons. The van der Waals surface area contributed by atoms with E-state index in [1.54, 1.807) is 18.2 Å². The Balaban J connectivity index is 1.58. The van der Waals surface area contributed by atoms with Crippen molar-refractivity contribution in [3.8, 4) is 11.1 Å². The standard InChI is InChI=1S/C26H22F4N4O2S/c1-2-33-7-9-34(10-8-33)21-6-4-16(13-19(21)27)17-14-23(26(28,29)30)31-20-5-3-15(11-18(17)20)12-22-24(35)32-25(36)37-22/h3-6,11-14H,2,7-10H2,1H3,(H,32,35,36)/b22-12-. The number of nitrogens with zero attached hydrogens (tertiary/aromatic N) is 3. The molecule has 3 heterocycles. The number of likely N-dealkylation sites (N-methyl/N-ethyl adjacent to an activating group) is 1. The lowest BCUT2D eigenvalue weighted by Crippen LogP contribution is -2.46. The predicted molar refractivity (Wildman–Crippen MR) is 136 cm³/mol. The van der Waals surface area contributed by atoms with E-state index in [4.69, 9.17) is 0 Å². The first-order valence-corrected chi connectivity index (χ1v) is 12.5. The van der Waals surface area contributed by atoms with E-state index >= 15 is 4.39 Å². The zero-order chi connectivity index (χ0) is 26.3. The zero-order valence-corrected chi connectivity index (χ0v) is 20.5. The van der Waals surface area contributed by atoms with Crippen LogP contribution in [-0.2, 0) is 11.0 Å². The van der Waals surface area contributed by atoms with Crippen LogP contribution < -0.4 is 10.2 Å². The molecule has 0 unspecified atom stereocenters. The number of imide groups is 1. The van der Waals surface area contributed by atoms with Crippen LogP contribution in [0.5, 0.6) is 0 Å². The molecule has 37 heavy (non-hydrogen) atoms. The van der Waals surface area contributed by atoms with Gasteiger partial charge in [-0.15, -0.1) is 0 Å². The van der Waals surface area contributed by atoms with Crippen LogP contribution >= 0.6 is 11.8 Å². The number of amides is 2. The minimum absolute atomic E-state index is 0.0757. The van der Waals surface area contributed by atoms with Crippen LogP contribution in [0.15, 0.2) is 47.4 Å². The van der Waals surface area contributed by atoms with Gasteiger partial charge in [0.15, 0.2) is 0 Å². The molecule has 0 bridgehead atoms. The monoisotopic (exact) mass is 530 g/mol. The van der Waals surface area contributed by atoms with Gasteiger partial charge in [0.1, 0.15) is 11.5 Å². The van der Waals surface area contributed by atoms with E-state index in [1.807, 2.05) is 4.90 Å². The summed E-state index contributed by atoms with van der Waals surface area (Å²) in [7, 11) is 0.